The molecule has 4 aromatic rings. The van der Waals surface area contributed by atoms with Gasteiger partial charge in [-0.15, -0.1) is 22.7 Å². The third kappa shape index (κ3) is 2.86. The molecule has 23 heavy (non-hydrogen) atoms. The Morgan fingerprint density at radius 1 is 1.26 bits per heavy atom. The lowest BCUT2D eigenvalue weighted by Crippen LogP contribution is -2.05. The molecule has 3 aromatic heterocycles. The Morgan fingerprint density at radius 2 is 2.22 bits per heavy atom. The van der Waals surface area contributed by atoms with E-state index in [4.69, 9.17) is 9.26 Å². The van der Waals surface area contributed by atoms with Crippen LogP contribution >= 0.6 is 22.7 Å². The molecule has 6 nitrogen and oxygen atoms in total. The maximum atomic E-state index is 12.1. The molecule has 0 N–H and O–H groups in total. The summed E-state index contributed by atoms with van der Waals surface area (Å²) >= 11 is 2.99. The van der Waals surface area contributed by atoms with E-state index in [0.717, 1.165) is 15.1 Å². The molecule has 0 amide bonds. The maximum Gasteiger partial charge on any atom is 0.338 e. The van der Waals surface area contributed by atoms with Crippen LogP contribution in [-0.4, -0.2) is 21.1 Å². The van der Waals surface area contributed by atoms with Crippen LogP contribution in [0.15, 0.2) is 45.7 Å². The van der Waals surface area contributed by atoms with Gasteiger partial charge in [0, 0.05) is 0 Å². The summed E-state index contributed by atoms with van der Waals surface area (Å²) in [6, 6.07) is 9.06. The fourth-order valence-electron chi connectivity index (χ4n) is 2.01. The number of thiophene rings is 1. The van der Waals surface area contributed by atoms with Crippen molar-refractivity contribution in [2.75, 3.05) is 0 Å². The molecule has 0 aliphatic heterocycles. The number of hydrogen-bond donors (Lipinski definition) is 0. The zero-order valence-corrected chi connectivity index (χ0v) is 13.3. The summed E-state index contributed by atoms with van der Waals surface area (Å²) in [6.45, 7) is -0.0576. The Kier molecular flexibility index (Phi) is 3.60. The molecule has 8 heteroatoms. The van der Waals surface area contributed by atoms with E-state index < -0.39 is 5.97 Å². The molecule has 4 rings (SSSR count). The first kappa shape index (κ1) is 14.0. The van der Waals surface area contributed by atoms with Crippen molar-refractivity contribution in [2.24, 2.45) is 0 Å². The van der Waals surface area contributed by atoms with Gasteiger partial charge in [-0.2, -0.15) is 4.98 Å². The maximum absolute atomic E-state index is 12.1. The van der Waals surface area contributed by atoms with Crippen molar-refractivity contribution in [1.82, 2.24) is 15.1 Å². The van der Waals surface area contributed by atoms with Crippen LogP contribution in [0.5, 0.6) is 0 Å². The number of carbonyl (C=O) groups is 1. The van der Waals surface area contributed by atoms with Gasteiger partial charge in [0.15, 0.2) is 6.61 Å². The lowest BCUT2D eigenvalue weighted by molar-refractivity contribution is 0.0430. The SMILES string of the molecule is O=C(OCc1nc(-c2cccs2)no1)c1ccc2ncsc2c1. The highest BCUT2D eigenvalue weighted by molar-refractivity contribution is 7.16. The van der Waals surface area contributed by atoms with E-state index in [2.05, 4.69) is 15.1 Å². The first-order valence-electron chi connectivity index (χ1n) is 6.66. The van der Waals surface area contributed by atoms with Gasteiger partial charge >= 0.3 is 5.97 Å². The number of ether oxygens (including phenoxy) is 1. The number of thiazole rings is 1. The van der Waals surface area contributed by atoms with Gasteiger partial charge < -0.3 is 9.26 Å². The lowest BCUT2D eigenvalue weighted by atomic mass is 10.2. The fourth-order valence-corrected chi connectivity index (χ4v) is 3.38. The smallest absolute Gasteiger partial charge is 0.338 e. The quantitative estimate of drug-likeness (QED) is 0.525. The van der Waals surface area contributed by atoms with Gasteiger partial charge in [0.2, 0.25) is 5.82 Å². The summed E-state index contributed by atoms with van der Waals surface area (Å²) in [5, 5.41) is 5.80. The van der Waals surface area contributed by atoms with Gasteiger partial charge in [-0.3, -0.25) is 0 Å². The van der Waals surface area contributed by atoms with Gasteiger partial charge in [0.25, 0.3) is 5.89 Å². The van der Waals surface area contributed by atoms with Crippen LogP contribution < -0.4 is 0 Å². The predicted octanol–water partition coefficient (Wildman–Crippen LogP) is 3.76. The predicted molar refractivity (Wildman–Crippen MR) is 86.4 cm³/mol. The van der Waals surface area contributed by atoms with Gasteiger partial charge in [-0.05, 0) is 29.6 Å². The zero-order chi connectivity index (χ0) is 15.6. The topological polar surface area (TPSA) is 78.1 Å². The number of carbonyl (C=O) groups excluding carboxylic acids is 1. The van der Waals surface area contributed by atoms with Crippen molar-refractivity contribution in [2.45, 2.75) is 6.61 Å². The molecular weight excluding hydrogens is 334 g/mol. The van der Waals surface area contributed by atoms with Crippen LogP contribution in [0.4, 0.5) is 0 Å². The number of benzene rings is 1. The van der Waals surface area contributed by atoms with Crippen molar-refractivity contribution in [3.63, 3.8) is 0 Å². The highest BCUT2D eigenvalue weighted by Crippen LogP contribution is 2.22. The van der Waals surface area contributed by atoms with Gasteiger partial charge in [-0.1, -0.05) is 11.2 Å². The summed E-state index contributed by atoms with van der Waals surface area (Å²) in [5.41, 5.74) is 3.08. The fraction of sp³-hybridized carbons (Fsp3) is 0.0667. The van der Waals surface area contributed by atoms with Crippen molar-refractivity contribution >= 4 is 38.9 Å². The monoisotopic (exact) mass is 343 g/mol. The second kappa shape index (κ2) is 5.90. The average molecular weight is 343 g/mol. The van der Waals surface area contributed by atoms with Crippen LogP contribution in [0.3, 0.4) is 0 Å². The van der Waals surface area contributed by atoms with Gasteiger partial charge in [0.1, 0.15) is 0 Å². The van der Waals surface area contributed by atoms with Gasteiger partial charge in [-0.25, -0.2) is 9.78 Å². The van der Waals surface area contributed by atoms with Crippen LogP contribution in [-0.2, 0) is 11.3 Å². The normalized spacial score (nSPS) is 11.0. The molecule has 114 valence electrons. The van der Waals surface area contributed by atoms with E-state index in [1.807, 2.05) is 17.5 Å². The van der Waals surface area contributed by atoms with Crippen molar-refractivity contribution < 1.29 is 14.1 Å². The molecule has 1 aromatic carbocycles. The molecule has 3 heterocycles. The van der Waals surface area contributed by atoms with E-state index >= 15 is 0 Å². The third-order valence-electron chi connectivity index (χ3n) is 3.10. The second-order valence-electron chi connectivity index (χ2n) is 4.60. The molecule has 0 aliphatic rings. The van der Waals surface area contributed by atoms with E-state index in [-0.39, 0.29) is 12.5 Å². The standard InChI is InChI=1S/C15H9N3O3S2/c19-15(9-3-4-10-12(6-9)23-8-16-10)20-7-13-17-14(18-21-13)11-2-1-5-22-11/h1-6,8H,7H2. The Bertz CT molecular complexity index is 959. The lowest BCUT2D eigenvalue weighted by Gasteiger charge is -2.01. The number of nitrogens with zero attached hydrogens (tertiary/aromatic N) is 3. The van der Waals surface area contributed by atoms with E-state index in [0.29, 0.717) is 11.4 Å². The van der Waals surface area contributed by atoms with Crippen LogP contribution in [0.25, 0.3) is 20.9 Å². The number of fused-ring (bicyclic) bond motifs is 1. The Balaban J connectivity index is 1.45. The molecule has 0 atom stereocenters. The molecule has 0 aliphatic carbocycles. The third-order valence-corrected chi connectivity index (χ3v) is 4.76. The first-order chi connectivity index (χ1) is 11.3. The van der Waals surface area contributed by atoms with Crippen molar-refractivity contribution in [3.05, 3.63) is 52.7 Å². The number of esters is 1. The molecule has 0 saturated carbocycles. The second-order valence-corrected chi connectivity index (χ2v) is 6.43. The minimum absolute atomic E-state index is 0.0576. The zero-order valence-electron chi connectivity index (χ0n) is 11.6. The molecule has 0 saturated heterocycles. The minimum Gasteiger partial charge on any atom is -0.452 e. The van der Waals surface area contributed by atoms with Crippen LogP contribution in [0.1, 0.15) is 16.2 Å². The number of rotatable bonds is 4. The van der Waals surface area contributed by atoms with E-state index in [1.165, 1.54) is 22.7 Å². The molecule has 0 spiro atoms. The highest BCUT2D eigenvalue weighted by atomic mass is 32.1. The molecule has 0 fully saturated rings. The van der Waals surface area contributed by atoms with E-state index in [9.17, 15) is 4.79 Å². The summed E-state index contributed by atoms with van der Waals surface area (Å²) in [4.78, 5) is 21.4. The summed E-state index contributed by atoms with van der Waals surface area (Å²) < 4.78 is 11.3. The Morgan fingerprint density at radius 3 is 3.09 bits per heavy atom. The first-order valence-corrected chi connectivity index (χ1v) is 8.42. The Hall–Kier alpha value is -2.58. The van der Waals surface area contributed by atoms with Crippen molar-refractivity contribution in [1.29, 1.82) is 0 Å². The van der Waals surface area contributed by atoms with Crippen LogP contribution in [0.2, 0.25) is 0 Å². The average Bonchev–Trinajstić information content (AvgIpc) is 3.32. The highest BCUT2D eigenvalue weighted by Gasteiger charge is 2.13. The Labute approximate surface area is 138 Å². The summed E-state index contributed by atoms with van der Waals surface area (Å²) in [6.07, 6.45) is 0. The molecular formula is C15H9N3O3S2. The van der Waals surface area contributed by atoms with E-state index in [1.54, 1.807) is 23.7 Å². The van der Waals surface area contributed by atoms with Crippen molar-refractivity contribution in [3.8, 4) is 10.7 Å². The summed E-state index contributed by atoms with van der Waals surface area (Å²) in [5.74, 6) is 0.328. The van der Waals surface area contributed by atoms with Gasteiger partial charge in [0.05, 0.1) is 26.2 Å². The number of aromatic nitrogens is 3. The molecule has 0 bridgehead atoms. The minimum atomic E-state index is -0.434. The number of hydrogen-bond acceptors (Lipinski definition) is 8. The molecule has 0 radical (unpaired) electrons. The summed E-state index contributed by atoms with van der Waals surface area (Å²) in [7, 11) is 0. The van der Waals surface area contributed by atoms with Crippen LogP contribution in [0, 0.1) is 0 Å². The molecule has 0 unspecified atom stereocenters. The largest absolute Gasteiger partial charge is 0.452 e.